The van der Waals surface area contributed by atoms with Crippen LogP contribution in [0.15, 0.2) is 46.5 Å². The number of hydrogen-bond acceptors (Lipinski definition) is 3. The summed E-state index contributed by atoms with van der Waals surface area (Å²) in [7, 11) is 0. The van der Waals surface area contributed by atoms with Gasteiger partial charge in [-0.2, -0.15) is 0 Å². The molecule has 0 aliphatic carbocycles. The van der Waals surface area contributed by atoms with Gasteiger partial charge in [0.1, 0.15) is 23.0 Å². The summed E-state index contributed by atoms with van der Waals surface area (Å²) in [6.45, 7) is 0. The SMILES string of the molecule is O=C1NC(=O)/C(=C\c2ccc(-c3cccc(F)c3)o2)N1. The van der Waals surface area contributed by atoms with Crippen molar-refractivity contribution in [2.24, 2.45) is 0 Å². The highest BCUT2D eigenvalue weighted by molar-refractivity contribution is 6.13. The lowest BCUT2D eigenvalue weighted by molar-refractivity contribution is -0.115. The minimum absolute atomic E-state index is 0.107. The van der Waals surface area contributed by atoms with Gasteiger partial charge in [-0.1, -0.05) is 12.1 Å². The van der Waals surface area contributed by atoms with Crippen molar-refractivity contribution in [3.05, 3.63) is 53.7 Å². The molecule has 20 heavy (non-hydrogen) atoms. The maximum Gasteiger partial charge on any atom is 0.326 e. The summed E-state index contributed by atoms with van der Waals surface area (Å²) in [5, 5.41) is 4.44. The number of imide groups is 1. The van der Waals surface area contributed by atoms with E-state index in [1.165, 1.54) is 18.2 Å². The number of urea groups is 1. The molecule has 0 spiro atoms. The predicted octanol–water partition coefficient (Wildman–Crippen LogP) is 2.27. The van der Waals surface area contributed by atoms with Crippen LogP contribution in [0.4, 0.5) is 9.18 Å². The molecule has 2 aromatic rings. The second-order valence-electron chi connectivity index (χ2n) is 4.18. The van der Waals surface area contributed by atoms with Gasteiger partial charge in [-0.25, -0.2) is 9.18 Å². The summed E-state index contributed by atoms with van der Waals surface area (Å²) in [6, 6.07) is 8.70. The smallest absolute Gasteiger partial charge is 0.326 e. The second-order valence-corrected chi connectivity index (χ2v) is 4.18. The molecule has 2 N–H and O–H groups in total. The maximum atomic E-state index is 13.1. The Morgan fingerprint density at radius 3 is 2.65 bits per heavy atom. The number of hydrogen-bond donors (Lipinski definition) is 2. The standard InChI is InChI=1S/C14H9FN2O3/c15-9-3-1-2-8(6-9)12-5-4-10(20-12)7-11-13(18)17-14(19)16-11/h1-7H,(H2,16,17,18,19)/b11-7+. The van der Waals surface area contributed by atoms with Crippen LogP contribution < -0.4 is 10.6 Å². The van der Waals surface area contributed by atoms with E-state index in [-0.39, 0.29) is 11.5 Å². The summed E-state index contributed by atoms with van der Waals surface area (Å²) >= 11 is 0. The fraction of sp³-hybridized carbons (Fsp3) is 0. The van der Waals surface area contributed by atoms with Gasteiger partial charge in [-0.15, -0.1) is 0 Å². The van der Waals surface area contributed by atoms with E-state index in [9.17, 15) is 14.0 Å². The van der Waals surface area contributed by atoms with Crippen molar-refractivity contribution in [1.82, 2.24) is 10.6 Å². The van der Waals surface area contributed by atoms with Gasteiger partial charge in [0, 0.05) is 11.6 Å². The van der Waals surface area contributed by atoms with E-state index in [2.05, 4.69) is 10.6 Å². The van der Waals surface area contributed by atoms with Crippen LogP contribution in [-0.4, -0.2) is 11.9 Å². The van der Waals surface area contributed by atoms with Crippen molar-refractivity contribution >= 4 is 18.0 Å². The first kappa shape index (κ1) is 12.2. The monoisotopic (exact) mass is 272 g/mol. The van der Waals surface area contributed by atoms with E-state index in [1.54, 1.807) is 24.3 Å². The third kappa shape index (κ3) is 2.31. The number of benzene rings is 1. The first-order valence-electron chi connectivity index (χ1n) is 5.81. The minimum atomic E-state index is -0.571. The normalized spacial score (nSPS) is 16.4. The van der Waals surface area contributed by atoms with Gasteiger partial charge in [0.2, 0.25) is 0 Å². The molecule has 5 nitrogen and oxygen atoms in total. The van der Waals surface area contributed by atoms with Crippen LogP contribution in [0.3, 0.4) is 0 Å². The van der Waals surface area contributed by atoms with Crippen LogP contribution in [-0.2, 0) is 4.79 Å². The summed E-state index contributed by atoms with van der Waals surface area (Å²) in [6.07, 6.45) is 1.41. The van der Waals surface area contributed by atoms with Gasteiger partial charge in [0.25, 0.3) is 5.91 Å². The summed E-state index contributed by atoms with van der Waals surface area (Å²) in [5.74, 6) is -0.0161. The average molecular weight is 272 g/mol. The first-order valence-corrected chi connectivity index (χ1v) is 5.81. The Hall–Kier alpha value is -2.89. The maximum absolute atomic E-state index is 13.1. The Balaban J connectivity index is 1.89. The Kier molecular flexibility index (Phi) is 2.83. The number of carbonyl (C=O) groups excluding carboxylic acids is 2. The van der Waals surface area contributed by atoms with Crippen LogP contribution in [0.5, 0.6) is 0 Å². The largest absolute Gasteiger partial charge is 0.457 e. The Bertz CT molecular complexity index is 734. The van der Waals surface area contributed by atoms with Gasteiger partial charge in [-0.05, 0) is 24.3 Å². The highest BCUT2D eigenvalue weighted by atomic mass is 19.1. The van der Waals surface area contributed by atoms with E-state index in [4.69, 9.17) is 4.42 Å². The lowest BCUT2D eigenvalue weighted by Gasteiger charge is -1.96. The third-order valence-electron chi connectivity index (χ3n) is 2.74. The molecule has 0 saturated carbocycles. The Morgan fingerprint density at radius 1 is 1.10 bits per heavy atom. The van der Waals surface area contributed by atoms with Crippen molar-refractivity contribution in [3.8, 4) is 11.3 Å². The molecule has 1 aromatic heterocycles. The lowest BCUT2D eigenvalue weighted by Crippen LogP contribution is -2.22. The van der Waals surface area contributed by atoms with Gasteiger partial charge in [-0.3, -0.25) is 10.1 Å². The zero-order chi connectivity index (χ0) is 14.1. The molecule has 100 valence electrons. The lowest BCUT2D eigenvalue weighted by atomic mass is 10.2. The number of nitrogens with one attached hydrogen (secondary N) is 2. The van der Waals surface area contributed by atoms with Gasteiger partial charge in [0.05, 0.1) is 0 Å². The Labute approximate surface area is 113 Å². The van der Waals surface area contributed by atoms with E-state index in [0.29, 0.717) is 17.1 Å². The summed E-state index contributed by atoms with van der Waals surface area (Å²) in [5.41, 5.74) is 0.699. The first-order chi connectivity index (χ1) is 9.61. The van der Waals surface area contributed by atoms with E-state index < -0.39 is 11.9 Å². The molecule has 3 rings (SSSR count). The quantitative estimate of drug-likeness (QED) is 0.650. The fourth-order valence-corrected chi connectivity index (χ4v) is 1.85. The molecule has 2 heterocycles. The highest BCUT2D eigenvalue weighted by Gasteiger charge is 2.23. The molecule has 0 radical (unpaired) electrons. The van der Waals surface area contributed by atoms with Crippen molar-refractivity contribution in [1.29, 1.82) is 0 Å². The predicted molar refractivity (Wildman–Crippen MR) is 68.8 cm³/mol. The van der Waals surface area contributed by atoms with E-state index in [1.807, 2.05) is 0 Å². The second kappa shape index (κ2) is 4.65. The molecule has 1 saturated heterocycles. The fourth-order valence-electron chi connectivity index (χ4n) is 1.85. The minimum Gasteiger partial charge on any atom is -0.457 e. The van der Waals surface area contributed by atoms with E-state index >= 15 is 0 Å². The molecule has 1 aliphatic heterocycles. The van der Waals surface area contributed by atoms with Crippen molar-refractivity contribution in [3.63, 3.8) is 0 Å². The molecule has 1 fully saturated rings. The number of halogens is 1. The number of furan rings is 1. The van der Waals surface area contributed by atoms with Gasteiger partial charge < -0.3 is 9.73 Å². The summed E-state index contributed by atoms with van der Waals surface area (Å²) < 4.78 is 18.6. The average Bonchev–Trinajstić information content (AvgIpc) is 2.97. The van der Waals surface area contributed by atoms with Crippen LogP contribution in [0.1, 0.15) is 5.76 Å². The molecule has 1 aliphatic rings. The molecule has 1 aromatic carbocycles. The van der Waals surface area contributed by atoms with Crippen LogP contribution in [0.2, 0.25) is 0 Å². The molecule has 6 heteroatoms. The Morgan fingerprint density at radius 2 is 1.95 bits per heavy atom. The molecule has 3 amide bonds. The van der Waals surface area contributed by atoms with Crippen LogP contribution in [0, 0.1) is 5.82 Å². The molecule has 0 bridgehead atoms. The zero-order valence-electron chi connectivity index (χ0n) is 10.1. The molecular formula is C14H9FN2O3. The van der Waals surface area contributed by atoms with Crippen LogP contribution in [0.25, 0.3) is 17.4 Å². The molecular weight excluding hydrogens is 263 g/mol. The van der Waals surface area contributed by atoms with Gasteiger partial charge in [0.15, 0.2) is 0 Å². The van der Waals surface area contributed by atoms with Gasteiger partial charge >= 0.3 is 6.03 Å². The zero-order valence-corrected chi connectivity index (χ0v) is 10.1. The number of rotatable bonds is 2. The molecule has 0 atom stereocenters. The molecule has 0 unspecified atom stereocenters. The van der Waals surface area contributed by atoms with Crippen molar-refractivity contribution in [2.45, 2.75) is 0 Å². The topological polar surface area (TPSA) is 71.3 Å². The number of carbonyl (C=O) groups is 2. The van der Waals surface area contributed by atoms with E-state index in [0.717, 1.165) is 0 Å². The highest BCUT2D eigenvalue weighted by Crippen LogP contribution is 2.24. The van der Waals surface area contributed by atoms with Crippen LogP contribution >= 0.6 is 0 Å². The summed E-state index contributed by atoms with van der Waals surface area (Å²) in [4.78, 5) is 22.3. The van der Waals surface area contributed by atoms with Crippen molar-refractivity contribution in [2.75, 3.05) is 0 Å². The number of amides is 3. The van der Waals surface area contributed by atoms with Crippen molar-refractivity contribution < 1.29 is 18.4 Å². The third-order valence-corrected chi connectivity index (χ3v) is 2.74.